The van der Waals surface area contributed by atoms with Crippen molar-refractivity contribution in [3.8, 4) is 40.2 Å². The summed E-state index contributed by atoms with van der Waals surface area (Å²) < 4.78 is 17.5. The Labute approximate surface area is 254 Å². The fourth-order valence-electron chi connectivity index (χ4n) is 5.49. The smallest absolute Gasteiger partial charge is 0.304 e. The van der Waals surface area contributed by atoms with Crippen molar-refractivity contribution in [2.24, 2.45) is 0 Å². The van der Waals surface area contributed by atoms with E-state index in [2.05, 4.69) is 0 Å². The number of aromatic hydroxyl groups is 6. The minimum Gasteiger partial charge on any atom is -0.507 e. The van der Waals surface area contributed by atoms with E-state index in [9.17, 15) is 60.7 Å². The molecule has 10 N–H and O–H groups in total. The number of aliphatic carboxylic acids is 1. The number of ketones is 1. The highest BCUT2D eigenvalue weighted by molar-refractivity contribution is 6.06. The summed E-state index contributed by atoms with van der Waals surface area (Å²) in [6.07, 6.45) is -12.0. The van der Waals surface area contributed by atoms with Gasteiger partial charge in [-0.1, -0.05) is 12.1 Å². The molecule has 0 saturated carbocycles. The van der Waals surface area contributed by atoms with Crippen molar-refractivity contribution in [1.82, 2.24) is 0 Å². The van der Waals surface area contributed by atoms with Gasteiger partial charge in [-0.15, -0.1) is 0 Å². The molecule has 0 bridgehead atoms. The summed E-state index contributed by atoms with van der Waals surface area (Å²) in [5.74, 6) is -7.96. The summed E-state index contributed by atoms with van der Waals surface area (Å²) in [6, 6.07) is 7.55. The number of phenolic OH excluding ortho intramolecular Hbond substituents is 6. The van der Waals surface area contributed by atoms with E-state index in [1.807, 2.05) is 0 Å². The first kappa shape index (κ1) is 31.6. The number of carbonyl (C=O) groups excluding carboxylic acids is 1. The van der Waals surface area contributed by atoms with Crippen LogP contribution in [0.5, 0.6) is 40.2 Å². The van der Waals surface area contributed by atoms with E-state index in [1.54, 1.807) is 0 Å². The fraction of sp³-hybridized carbons (Fsp3) is 0.333. The molecule has 3 aromatic rings. The molecule has 0 aromatic heterocycles. The Hall–Kier alpha value is -4.80. The van der Waals surface area contributed by atoms with Crippen molar-refractivity contribution in [3.05, 3.63) is 64.7 Å². The molecule has 2 heterocycles. The highest BCUT2D eigenvalue weighted by Crippen LogP contribution is 2.51. The quantitative estimate of drug-likeness (QED) is 0.164. The molecule has 0 radical (unpaired) electrons. The Kier molecular flexibility index (Phi) is 8.39. The van der Waals surface area contributed by atoms with Crippen LogP contribution in [0.15, 0.2) is 42.5 Å². The van der Waals surface area contributed by atoms with Crippen molar-refractivity contribution in [1.29, 1.82) is 0 Å². The zero-order valence-corrected chi connectivity index (χ0v) is 23.4. The van der Waals surface area contributed by atoms with Crippen molar-refractivity contribution >= 4 is 11.8 Å². The summed E-state index contributed by atoms with van der Waals surface area (Å²) >= 11 is 0. The van der Waals surface area contributed by atoms with Crippen molar-refractivity contribution in [3.63, 3.8) is 0 Å². The first-order valence-electron chi connectivity index (χ1n) is 13.6. The lowest BCUT2D eigenvalue weighted by Crippen LogP contribution is -2.59. The van der Waals surface area contributed by atoms with Crippen LogP contribution in [0.3, 0.4) is 0 Å². The molecule has 2 aliphatic heterocycles. The second kappa shape index (κ2) is 11.9. The number of carboxylic acids is 1. The van der Waals surface area contributed by atoms with E-state index in [0.29, 0.717) is 0 Å². The van der Waals surface area contributed by atoms with Crippen LogP contribution in [-0.2, 0) is 14.3 Å². The maximum Gasteiger partial charge on any atom is 0.304 e. The Morgan fingerprint density at radius 2 is 1.47 bits per heavy atom. The van der Waals surface area contributed by atoms with Gasteiger partial charge in [0.25, 0.3) is 0 Å². The maximum absolute atomic E-state index is 14.1. The van der Waals surface area contributed by atoms with Gasteiger partial charge in [-0.2, -0.15) is 0 Å². The third-order valence-corrected chi connectivity index (χ3v) is 7.85. The van der Waals surface area contributed by atoms with Gasteiger partial charge in [-0.25, -0.2) is 0 Å². The Morgan fingerprint density at radius 3 is 2.09 bits per heavy atom. The Morgan fingerprint density at radius 1 is 0.822 bits per heavy atom. The summed E-state index contributed by atoms with van der Waals surface area (Å²) in [5, 5.41) is 103. The van der Waals surface area contributed by atoms with Crippen LogP contribution in [0.1, 0.15) is 52.4 Å². The largest absolute Gasteiger partial charge is 0.507 e. The molecular weight excluding hydrogens is 600 g/mol. The van der Waals surface area contributed by atoms with E-state index in [4.69, 9.17) is 14.2 Å². The number of Topliss-reactive ketones (excluding diaryl/α,β-unsaturated/α-hetero) is 1. The van der Waals surface area contributed by atoms with Crippen LogP contribution in [0.2, 0.25) is 0 Å². The number of ether oxygens (including phenoxy) is 3. The van der Waals surface area contributed by atoms with Gasteiger partial charge in [0.1, 0.15) is 41.1 Å². The predicted molar refractivity (Wildman–Crippen MR) is 148 cm³/mol. The average Bonchev–Trinajstić information content (AvgIpc) is 2.97. The van der Waals surface area contributed by atoms with Crippen LogP contribution in [0, 0.1) is 0 Å². The van der Waals surface area contributed by atoms with Crippen molar-refractivity contribution in [2.45, 2.75) is 62.2 Å². The summed E-state index contributed by atoms with van der Waals surface area (Å²) in [5.41, 5.74) is -0.788. The Bertz CT molecular complexity index is 1640. The standard InChI is InChI=1S/C30H30O15/c1-10-23(39)25(41)26(42)30(43-10)45-29-24(40)22-19(36)9-18(35)21(13(8-20(37)38)11-2-4-14(31)16(33)6-11)28(22)44-27(29)12-3-5-15(32)17(34)7-12/h2-7,9-10,13,23,25-27,29-36,39,41-42H,8H2,1H3,(H,37,38)/t10-,13?,23-,25+,26+,27+,29-,30-/m0/s1. The number of benzene rings is 3. The van der Waals surface area contributed by atoms with Gasteiger partial charge in [-0.05, 0) is 42.3 Å². The van der Waals surface area contributed by atoms with Gasteiger partial charge in [-0.3, -0.25) is 9.59 Å². The highest BCUT2D eigenvalue weighted by atomic mass is 16.7. The fourth-order valence-corrected chi connectivity index (χ4v) is 5.49. The number of aliphatic hydroxyl groups excluding tert-OH is 3. The van der Waals surface area contributed by atoms with Gasteiger partial charge >= 0.3 is 5.97 Å². The third kappa shape index (κ3) is 5.74. The van der Waals surface area contributed by atoms with Crippen LogP contribution in [0.4, 0.5) is 0 Å². The lowest BCUT2D eigenvalue weighted by molar-refractivity contribution is -0.304. The van der Waals surface area contributed by atoms with Crippen molar-refractivity contribution < 1.29 is 74.9 Å². The molecule has 15 heteroatoms. The molecule has 2 aliphatic rings. The molecule has 1 saturated heterocycles. The van der Waals surface area contributed by atoms with Gasteiger partial charge in [0.15, 0.2) is 41.5 Å². The molecule has 5 rings (SSSR count). The molecule has 1 unspecified atom stereocenters. The topological polar surface area (TPSA) is 264 Å². The maximum atomic E-state index is 14.1. The van der Waals surface area contributed by atoms with E-state index in [-0.39, 0.29) is 16.7 Å². The van der Waals surface area contributed by atoms with Gasteiger partial charge in [0.2, 0.25) is 5.78 Å². The van der Waals surface area contributed by atoms with Crippen LogP contribution < -0.4 is 4.74 Å². The summed E-state index contributed by atoms with van der Waals surface area (Å²) in [4.78, 5) is 26.1. The summed E-state index contributed by atoms with van der Waals surface area (Å²) in [6.45, 7) is 1.38. The number of hydrogen-bond acceptors (Lipinski definition) is 14. The normalized spacial score (nSPS) is 26.9. The molecule has 1 fully saturated rings. The van der Waals surface area contributed by atoms with Crippen LogP contribution in [0.25, 0.3) is 0 Å². The number of hydrogen-bond donors (Lipinski definition) is 10. The molecule has 45 heavy (non-hydrogen) atoms. The molecule has 0 amide bonds. The average molecular weight is 631 g/mol. The molecule has 0 aliphatic carbocycles. The number of rotatable bonds is 7. The first-order valence-corrected chi connectivity index (χ1v) is 13.6. The van der Waals surface area contributed by atoms with E-state index >= 15 is 0 Å². The van der Waals surface area contributed by atoms with Crippen molar-refractivity contribution in [2.75, 3.05) is 0 Å². The van der Waals surface area contributed by atoms with Gasteiger partial charge in [0.05, 0.1) is 12.5 Å². The first-order chi connectivity index (χ1) is 21.2. The molecule has 240 valence electrons. The number of phenols is 6. The summed E-state index contributed by atoms with van der Waals surface area (Å²) in [7, 11) is 0. The lowest BCUT2D eigenvalue weighted by atomic mass is 9.83. The molecular formula is C30H30O15. The SMILES string of the molecule is C[C@@H]1O[C@@H](O[C@H]2C(=O)c3c(O)cc(O)c(C(CC(=O)O)c4ccc(O)c(O)c4)c3O[C@@H]2c2ccc(O)c(O)c2)[C@H](O)[C@H](O)[C@H]1O. The Balaban J connectivity index is 1.69. The zero-order valence-electron chi connectivity index (χ0n) is 23.4. The predicted octanol–water partition coefficient (Wildman–Crippen LogP) is 1.06. The lowest BCUT2D eigenvalue weighted by Gasteiger charge is -2.42. The number of carbonyl (C=O) groups is 2. The minimum atomic E-state index is -1.86. The molecule has 8 atom stereocenters. The van der Waals surface area contributed by atoms with Gasteiger partial charge in [0, 0.05) is 17.5 Å². The second-order valence-electron chi connectivity index (χ2n) is 10.8. The molecule has 15 nitrogen and oxygen atoms in total. The number of fused-ring (bicyclic) bond motifs is 1. The minimum absolute atomic E-state index is 0.000856. The van der Waals surface area contributed by atoms with Gasteiger partial charge < -0.3 is 65.3 Å². The van der Waals surface area contributed by atoms with E-state index in [0.717, 1.165) is 30.3 Å². The highest BCUT2D eigenvalue weighted by Gasteiger charge is 2.49. The number of carboxylic acid groups (broad SMARTS) is 1. The number of aliphatic hydroxyl groups is 3. The zero-order chi connectivity index (χ0) is 32.9. The second-order valence-corrected chi connectivity index (χ2v) is 10.8. The van der Waals surface area contributed by atoms with E-state index < -0.39 is 113 Å². The van der Waals surface area contributed by atoms with Crippen LogP contribution >= 0.6 is 0 Å². The van der Waals surface area contributed by atoms with E-state index in [1.165, 1.54) is 19.1 Å². The monoisotopic (exact) mass is 630 g/mol. The third-order valence-electron chi connectivity index (χ3n) is 7.85. The van der Waals surface area contributed by atoms with Crippen LogP contribution in [-0.4, -0.2) is 99.6 Å². The molecule has 0 spiro atoms. The molecule has 3 aromatic carbocycles.